The van der Waals surface area contributed by atoms with Crippen LogP contribution in [-0.2, 0) is 9.59 Å². The molecule has 8 heteroatoms. The average Bonchev–Trinajstić information content (AvgIpc) is 2.62. The Morgan fingerprint density at radius 3 is 2.85 bits per heavy atom. The predicted molar refractivity (Wildman–Crippen MR) is 96.8 cm³/mol. The number of fused-ring (bicyclic) bond motifs is 1. The van der Waals surface area contributed by atoms with Gasteiger partial charge in [0.25, 0.3) is 5.91 Å². The van der Waals surface area contributed by atoms with Gasteiger partial charge < -0.3 is 15.0 Å². The molecule has 0 fully saturated rings. The van der Waals surface area contributed by atoms with Crippen molar-refractivity contribution in [3.8, 4) is 5.75 Å². The smallest absolute Gasteiger partial charge is 0.264 e. The highest BCUT2D eigenvalue weighted by molar-refractivity contribution is 6.29. The molecule has 26 heavy (non-hydrogen) atoms. The SMILES string of the molecule is CN1C(=O)COc2ccc(C(=O)CCC(=O)Nc3ccnc(Cl)c3)cc21. The van der Waals surface area contributed by atoms with Gasteiger partial charge in [-0.25, -0.2) is 4.98 Å². The number of amides is 2. The van der Waals surface area contributed by atoms with Gasteiger partial charge >= 0.3 is 0 Å². The Kier molecular flexibility index (Phi) is 5.18. The Morgan fingerprint density at radius 2 is 2.08 bits per heavy atom. The maximum absolute atomic E-state index is 12.4. The highest BCUT2D eigenvalue weighted by Crippen LogP contribution is 2.32. The summed E-state index contributed by atoms with van der Waals surface area (Å²) in [4.78, 5) is 41.3. The van der Waals surface area contributed by atoms with Crippen LogP contribution >= 0.6 is 11.6 Å². The summed E-state index contributed by atoms with van der Waals surface area (Å²) in [5, 5.41) is 2.94. The minimum atomic E-state index is -0.297. The number of nitrogens with zero attached hydrogens (tertiary/aromatic N) is 2. The van der Waals surface area contributed by atoms with E-state index < -0.39 is 0 Å². The number of anilines is 2. The molecule has 0 unspecified atom stereocenters. The van der Waals surface area contributed by atoms with Crippen LogP contribution in [0.25, 0.3) is 0 Å². The van der Waals surface area contributed by atoms with Crippen molar-refractivity contribution in [2.75, 3.05) is 23.9 Å². The molecule has 7 nitrogen and oxygen atoms in total. The van der Waals surface area contributed by atoms with Crippen molar-refractivity contribution in [2.45, 2.75) is 12.8 Å². The third-order valence-electron chi connectivity index (χ3n) is 3.96. The van der Waals surface area contributed by atoms with Crippen LogP contribution in [0.3, 0.4) is 0 Å². The lowest BCUT2D eigenvalue weighted by Crippen LogP contribution is -2.35. The molecule has 2 aromatic rings. The van der Waals surface area contributed by atoms with Gasteiger partial charge in [0.1, 0.15) is 10.9 Å². The molecule has 1 aromatic carbocycles. The highest BCUT2D eigenvalue weighted by atomic mass is 35.5. The van der Waals surface area contributed by atoms with Crippen LogP contribution < -0.4 is 15.0 Å². The predicted octanol–water partition coefficient (Wildman–Crippen LogP) is 2.69. The monoisotopic (exact) mass is 373 g/mol. The van der Waals surface area contributed by atoms with E-state index in [1.165, 1.54) is 17.2 Å². The molecule has 0 aliphatic carbocycles. The fourth-order valence-electron chi connectivity index (χ4n) is 2.52. The Labute approximate surface area is 154 Å². The van der Waals surface area contributed by atoms with Crippen LogP contribution in [-0.4, -0.2) is 36.2 Å². The zero-order valence-corrected chi connectivity index (χ0v) is 14.7. The number of nitrogens with one attached hydrogen (secondary N) is 1. The minimum absolute atomic E-state index is 0.0179. The lowest BCUT2D eigenvalue weighted by Gasteiger charge is -2.26. The van der Waals surface area contributed by atoms with E-state index >= 15 is 0 Å². The molecule has 2 heterocycles. The first kappa shape index (κ1) is 17.9. The van der Waals surface area contributed by atoms with Gasteiger partial charge in [0.15, 0.2) is 12.4 Å². The molecule has 0 radical (unpaired) electrons. The van der Waals surface area contributed by atoms with E-state index in [0.717, 1.165) is 0 Å². The van der Waals surface area contributed by atoms with E-state index in [4.69, 9.17) is 16.3 Å². The molecule has 3 rings (SSSR count). The van der Waals surface area contributed by atoms with Gasteiger partial charge in [0.2, 0.25) is 5.91 Å². The molecule has 0 spiro atoms. The lowest BCUT2D eigenvalue weighted by molar-refractivity contribution is -0.121. The van der Waals surface area contributed by atoms with Gasteiger partial charge in [-0.1, -0.05) is 11.6 Å². The first-order valence-electron chi connectivity index (χ1n) is 7.92. The number of likely N-dealkylation sites (N-methyl/N-ethyl adjacent to an activating group) is 1. The molecular weight excluding hydrogens is 358 g/mol. The maximum Gasteiger partial charge on any atom is 0.264 e. The summed E-state index contributed by atoms with van der Waals surface area (Å²) in [6.45, 7) is -0.0179. The Morgan fingerprint density at radius 1 is 1.27 bits per heavy atom. The third kappa shape index (κ3) is 4.00. The number of halogens is 1. The number of benzene rings is 1. The lowest BCUT2D eigenvalue weighted by atomic mass is 10.0. The number of aromatic nitrogens is 1. The number of ketones is 1. The van der Waals surface area contributed by atoms with Crippen LogP contribution in [0.1, 0.15) is 23.2 Å². The van der Waals surface area contributed by atoms with E-state index in [-0.39, 0.29) is 42.2 Å². The van der Waals surface area contributed by atoms with Crippen LogP contribution in [0.4, 0.5) is 11.4 Å². The van der Waals surface area contributed by atoms with Crippen LogP contribution in [0, 0.1) is 0 Å². The first-order valence-corrected chi connectivity index (χ1v) is 8.30. The average molecular weight is 374 g/mol. The molecule has 134 valence electrons. The van der Waals surface area contributed by atoms with Crippen molar-refractivity contribution in [3.63, 3.8) is 0 Å². The zero-order chi connectivity index (χ0) is 18.7. The quantitative estimate of drug-likeness (QED) is 0.643. The number of pyridine rings is 1. The first-order chi connectivity index (χ1) is 12.4. The third-order valence-corrected chi connectivity index (χ3v) is 4.16. The molecule has 0 bridgehead atoms. The van der Waals surface area contributed by atoms with Gasteiger partial charge in [0.05, 0.1) is 5.69 Å². The van der Waals surface area contributed by atoms with Gasteiger partial charge in [-0.2, -0.15) is 0 Å². The summed E-state index contributed by atoms with van der Waals surface area (Å²) in [6.07, 6.45) is 1.55. The normalized spacial score (nSPS) is 13.0. The summed E-state index contributed by atoms with van der Waals surface area (Å²) in [5.41, 5.74) is 1.49. The van der Waals surface area contributed by atoms with E-state index in [9.17, 15) is 14.4 Å². The van der Waals surface area contributed by atoms with Crippen LogP contribution in [0.2, 0.25) is 5.15 Å². The van der Waals surface area contributed by atoms with Crippen molar-refractivity contribution in [3.05, 3.63) is 47.2 Å². The molecule has 0 saturated carbocycles. The van der Waals surface area contributed by atoms with E-state index in [1.54, 1.807) is 31.3 Å². The number of rotatable bonds is 5. The standard InChI is InChI=1S/C18H16ClN3O4/c1-22-13-8-11(2-4-15(13)26-10-18(22)25)14(23)3-5-17(24)21-12-6-7-20-16(19)9-12/h2,4,6-9H,3,5,10H2,1H3,(H,20,21,24). The second kappa shape index (κ2) is 7.53. The zero-order valence-electron chi connectivity index (χ0n) is 14.0. The minimum Gasteiger partial charge on any atom is -0.482 e. The van der Waals surface area contributed by atoms with Crippen molar-refractivity contribution < 1.29 is 19.1 Å². The van der Waals surface area contributed by atoms with Crippen molar-refractivity contribution >= 4 is 40.6 Å². The van der Waals surface area contributed by atoms with Crippen molar-refractivity contribution in [1.82, 2.24) is 4.98 Å². The Hall–Kier alpha value is -2.93. The Balaban J connectivity index is 1.62. The number of Topliss-reactive ketones (excluding diaryl/α,β-unsaturated/α-hetero) is 1. The van der Waals surface area contributed by atoms with Gasteiger partial charge in [-0.15, -0.1) is 0 Å². The second-order valence-electron chi connectivity index (χ2n) is 5.76. The second-order valence-corrected chi connectivity index (χ2v) is 6.15. The largest absolute Gasteiger partial charge is 0.482 e. The summed E-state index contributed by atoms with van der Waals surface area (Å²) < 4.78 is 5.33. The van der Waals surface area contributed by atoms with Gasteiger partial charge in [-0.05, 0) is 30.3 Å². The summed E-state index contributed by atoms with van der Waals surface area (Å²) >= 11 is 5.76. The number of carbonyl (C=O) groups is 3. The highest BCUT2D eigenvalue weighted by Gasteiger charge is 2.23. The summed E-state index contributed by atoms with van der Waals surface area (Å²) in [6, 6.07) is 8.03. The van der Waals surface area contributed by atoms with Crippen molar-refractivity contribution in [2.24, 2.45) is 0 Å². The molecule has 1 aliphatic rings. The van der Waals surface area contributed by atoms with E-state index in [1.807, 2.05) is 0 Å². The van der Waals surface area contributed by atoms with Crippen LogP contribution in [0.5, 0.6) is 5.75 Å². The molecule has 1 N–H and O–H groups in total. The summed E-state index contributed by atoms with van der Waals surface area (Å²) in [7, 11) is 1.63. The number of carbonyl (C=O) groups excluding carboxylic acids is 3. The van der Waals surface area contributed by atoms with E-state index in [2.05, 4.69) is 10.3 Å². The number of hydrogen-bond acceptors (Lipinski definition) is 5. The number of ether oxygens (including phenoxy) is 1. The molecule has 0 atom stereocenters. The molecule has 1 aliphatic heterocycles. The fraction of sp³-hybridized carbons (Fsp3) is 0.222. The molecule has 2 amide bonds. The van der Waals surface area contributed by atoms with Crippen molar-refractivity contribution in [1.29, 1.82) is 0 Å². The molecule has 1 aromatic heterocycles. The maximum atomic E-state index is 12.4. The molecular formula is C18H16ClN3O4. The topological polar surface area (TPSA) is 88.6 Å². The van der Waals surface area contributed by atoms with Crippen LogP contribution in [0.15, 0.2) is 36.5 Å². The molecule has 0 saturated heterocycles. The van der Waals surface area contributed by atoms with Gasteiger partial charge in [0, 0.05) is 37.3 Å². The Bertz CT molecular complexity index is 884. The number of hydrogen-bond donors (Lipinski definition) is 1. The van der Waals surface area contributed by atoms with Gasteiger partial charge in [-0.3, -0.25) is 14.4 Å². The summed E-state index contributed by atoms with van der Waals surface area (Å²) in [5.74, 6) is -0.121. The fourth-order valence-corrected chi connectivity index (χ4v) is 2.69. The van der Waals surface area contributed by atoms with E-state index in [0.29, 0.717) is 22.7 Å².